The summed E-state index contributed by atoms with van der Waals surface area (Å²) >= 11 is 1.26. The van der Waals surface area contributed by atoms with E-state index < -0.39 is 25.1 Å². The lowest BCUT2D eigenvalue weighted by atomic mass is 10.2. The minimum absolute atomic E-state index is 0.0980. The van der Waals surface area contributed by atoms with Crippen molar-refractivity contribution in [3.05, 3.63) is 17.0 Å². The van der Waals surface area contributed by atoms with E-state index in [4.69, 9.17) is 0 Å². The Morgan fingerprint density at radius 3 is 2.23 bits per heavy atom. The maximum absolute atomic E-state index is 12.5. The van der Waals surface area contributed by atoms with Gasteiger partial charge in [0.1, 0.15) is 4.21 Å². The van der Waals surface area contributed by atoms with E-state index in [2.05, 4.69) is 0 Å². The molecule has 0 spiro atoms. The molecule has 0 unspecified atom stereocenters. The first-order chi connectivity index (χ1) is 10.1. The van der Waals surface area contributed by atoms with Crippen molar-refractivity contribution in [1.82, 2.24) is 4.31 Å². The highest BCUT2D eigenvalue weighted by molar-refractivity contribution is 7.92. The van der Waals surface area contributed by atoms with E-state index in [0.29, 0.717) is 17.1 Å². The van der Waals surface area contributed by atoms with Crippen LogP contribution in [0.2, 0.25) is 0 Å². The Morgan fingerprint density at radius 2 is 1.77 bits per heavy atom. The third kappa shape index (κ3) is 3.90. The summed E-state index contributed by atoms with van der Waals surface area (Å²) in [5, 5.41) is -0.411. The molecule has 0 bridgehead atoms. The van der Waals surface area contributed by atoms with Crippen LogP contribution in [0.4, 0.5) is 0 Å². The monoisotopic (exact) mass is 365 g/mol. The molecule has 2 heterocycles. The van der Waals surface area contributed by atoms with Gasteiger partial charge in [-0.1, -0.05) is 13.8 Å². The summed E-state index contributed by atoms with van der Waals surface area (Å²) in [6.45, 7) is 6.20. The molecule has 0 amide bonds. The quantitative estimate of drug-likeness (QED) is 0.802. The second-order valence-corrected chi connectivity index (χ2v) is 12.0. The number of hydrogen-bond donors (Lipinski definition) is 0. The fourth-order valence-electron chi connectivity index (χ4n) is 2.71. The summed E-state index contributed by atoms with van der Waals surface area (Å²) in [6, 6.07) is 3.41. The van der Waals surface area contributed by atoms with Gasteiger partial charge in [0.15, 0.2) is 9.84 Å². The number of nitrogens with zero attached hydrogens (tertiary/aromatic N) is 1. The summed E-state index contributed by atoms with van der Waals surface area (Å²) in [5.41, 5.74) is 0. The molecule has 1 aromatic heterocycles. The van der Waals surface area contributed by atoms with Crippen LogP contribution in [0, 0.1) is 12.8 Å². The van der Waals surface area contributed by atoms with Crippen LogP contribution in [0.1, 0.15) is 31.6 Å². The predicted molar refractivity (Wildman–Crippen MR) is 89.5 cm³/mol. The van der Waals surface area contributed by atoms with Gasteiger partial charge in [-0.2, -0.15) is 4.31 Å². The molecule has 5 nitrogen and oxygen atoms in total. The van der Waals surface area contributed by atoms with Crippen molar-refractivity contribution in [2.75, 3.05) is 18.8 Å². The van der Waals surface area contributed by atoms with E-state index in [9.17, 15) is 16.8 Å². The average molecular weight is 366 g/mol. The number of aryl methyl sites for hydroxylation is 1. The Labute approximate surface area is 137 Å². The molecule has 2 rings (SSSR count). The van der Waals surface area contributed by atoms with Gasteiger partial charge < -0.3 is 0 Å². The minimum atomic E-state index is -3.48. The first kappa shape index (κ1) is 17.9. The minimum Gasteiger partial charge on any atom is -0.229 e. The Hall–Kier alpha value is -0.440. The van der Waals surface area contributed by atoms with Crippen LogP contribution in [0.5, 0.6) is 0 Å². The number of piperidine rings is 1. The molecule has 0 radical (unpaired) electrons. The fourth-order valence-corrected chi connectivity index (χ4v) is 7.75. The first-order valence-corrected chi connectivity index (χ1v) is 11.4. The molecule has 1 saturated heterocycles. The summed E-state index contributed by atoms with van der Waals surface area (Å²) in [4.78, 5) is 0.952. The highest BCUT2D eigenvalue weighted by atomic mass is 32.2. The second-order valence-electron chi connectivity index (χ2n) is 6.19. The molecule has 0 aliphatic carbocycles. The van der Waals surface area contributed by atoms with Gasteiger partial charge in [0.2, 0.25) is 0 Å². The van der Waals surface area contributed by atoms with Crippen LogP contribution in [0.25, 0.3) is 0 Å². The van der Waals surface area contributed by atoms with Crippen LogP contribution >= 0.6 is 11.3 Å². The van der Waals surface area contributed by atoms with Crippen molar-refractivity contribution in [2.45, 2.75) is 43.1 Å². The van der Waals surface area contributed by atoms with Gasteiger partial charge in [-0.15, -0.1) is 11.3 Å². The number of rotatable bonds is 5. The molecule has 0 aromatic carbocycles. The fraction of sp³-hybridized carbons (Fsp3) is 0.714. The molecule has 22 heavy (non-hydrogen) atoms. The van der Waals surface area contributed by atoms with E-state index >= 15 is 0 Å². The highest BCUT2D eigenvalue weighted by Gasteiger charge is 2.35. The zero-order chi connectivity index (χ0) is 16.5. The smallest absolute Gasteiger partial charge is 0.229 e. The summed E-state index contributed by atoms with van der Waals surface area (Å²) < 4.78 is 51.3. The van der Waals surface area contributed by atoms with Crippen LogP contribution in [0.15, 0.2) is 16.3 Å². The molecule has 1 fully saturated rings. The lowest BCUT2D eigenvalue weighted by Gasteiger charge is -2.30. The van der Waals surface area contributed by atoms with Crippen LogP contribution in [-0.2, 0) is 19.9 Å². The zero-order valence-electron chi connectivity index (χ0n) is 13.1. The standard InChI is InChI=1S/C14H23NO4S3/c1-11(2)10-21(16,17)13-6-8-15(9-7-13)22(18,19)14-5-4-12(3)20-14/h4-5,11,13H,6-10H2,1-3H3. The Bertz CT molecular complexity index is 711. The van der Waals surface area contributed by atoms with E-state index in [0.717, 1.165) is 4.88 Å². The maximum atomic E-state index is 12.5. The predicted octanol–water partition coefficient (Wildman–Crippen LogP) is 2.28. The Balaban J connectivity index is 2.06. The van der Waals surface area contributed by atoms with Gasteiger partial charge in [0.25, 0.3) is 10.0 Å². The molecule has 8 heteroatoms. The van der Waals surface area contributed by atoms with Crippen molar-refractivity contribution in [3.8, 4) is 0 Å². The summed E-state index contributed by atoms with van der Waals surface area (Å²) in [5.74, 6) is 0.273. The molecule has 1 aliphatic heterocycles. The van der Waals surface area contributed by atoms with Gasteiger partial charge in [0, 0.05) is 18.0 Å². The average Bonchev–Trinajstić information content (AvgIpc) is 2.85. The summed E-state index contributed by atoms with van der Waals surface area (Å²) in [7, 11) is -6.61. The second kappa shape index (κ2) is 6.59. The van der Waals surface area contributed by atoms with Crippen molar-refractivity contribution in [1.29, 1.82) is 0 Å². The molecule has 0 N–H and O–H groups in total. The molecule has 1 aliphatic rings. The van der Waals surface area contributed by atoms with E-state index in [1.807, 2.05) is 20.8 Å². The van der Waals surface area contributed by atoms with Gasteiger partial charge in [-0.3, -0.25) is 0 Å². The van der Waals surface area contributed by atoms with Crippen LogP contribution < -0.4 is 0 Å². The summed E-state index contributed by atoms with van der Waals surface area (Å²) in [6.07, 6.45) is 0.775. The molecule has 0 saturated carbocycles. The first-order valence-electron chi connectivity index (χ1n) is 7.41. The number of hydrogen-bond acceptors (Lipinski definition) is 5. The Morgan fingerprint density at radius 1 is 1.18 bits per heavy atom. The molecular formula is C14H23NO4S3. The third-order valence-corrected chi connectivity index (χ3v) is 9.77. The lowest BCUT2D eigenvalue weighted by Crippen LogP contribution is -2.43. The van der Waals surface area contributed by atoms with Crippen molar-refractivity contribution >= 4 is 31.2 Å². The zero-order valence-corrected chi connectivity index (χ0v) is 15.6. The largest absolute Gasteiger partial charge is 0.252 e. The van der Waals surface area contributed by atoms with E-state index in [1.165, 1.54) is 15.6 Å². The van der Waals surface area contributed by atoms with Crippen molar-refractivity contribution in [2.24, 2.45) is 5.92 Å². The van der Waals surface area contributed by atoms with E-state index in [1.54, 1.807) is 12.1 Å². The van der Waals surface area contributed by atoms with Crippen molar-refractivity contribution in [3.63, 3.8) is 0 Å². The topological polar surface area (TPSA) is 71.5 Å². The number of sulfone groups is 1. The SMILES string of the molecule is Cc1ccc(S(=O)(=O)N2CCC(S(=O)(=O)CC(C)C)CC2)s1. The number of thiophene rings is 1. The van der Waals surface area contributed by atoms with E-state index in [-0.39, 0.29) is 24.8 Å². The van der Waals surface area contributed by atoms with Gasteiger partial charge in [-0.25, -0.2) is 16.8 Å². The lowest BCUT2D eigenvalue weighted by molar-refractivity contribution is 0.346. The number of sulfonamides is 1. The normalized spacial score (nSPS) is 18.9. The highest BCUT2D eigenvalue weighted by Crippen LogP contribution is 2.28. The molecule has 1 aromatic rings. The van der Waals surface area contributed by atoms with Gasteiger partial charge in [0.05, 0.1) is 11.0 Å². The van der Waals surface area contributed by atoms with Gasteiger partial charge in [-0.05, 0) is 37.8 Å². The third-order valence-electron chi connectivity index (χ3n) is 3.78. The van der Waals surface area contributed by atoms with Crippen LogP contribution in [-0.4, -0.2) is 45.2 Å². The van der Waals surface area contributed by atoms with Crippen LogP contribution in [0.3, 0.4) is 0 Å². The van der Waals surface area contributed by atoms with Gasteiger partial charge >= 0.3 is 0 Å². The van der Waals surface area contributed by atoms with Crippen molar-refractivity contribution < 1.29 is 16.8 Å². The Kier molecular flexibility index (Phi) is 5.36. The molecule has 126 valence electrons. The molecular weight excluding hydrogens is 342 g/mol. The maximum Gasteiger partial charge on any atom is 0.252 e. The molecule has 0 atom stereocenters.